The van der Waals surface area contributed by atoms with Gasteiger partial charge < -0.3 is 4.90 Å². The second-order valence-corrected chi connectivity index (χ2v) is 9.86. The van der Waals surface area contributed by atoms with Crippen molar-refractivity contribution in [3.8, 4) is 0 Å². The Balaban J connectivity index is 1.61. The Hall–Kier alpha value is -1.57. The number of halogens is 2. The maximum absolute atomic E-state index is 13.2. The number of rotatable bonds is 3. The van der Waals surface area contributed by atoms with Crippen molar-refractivity contribution in [3.05, 3.63) is 64.9 Å². The smallest absolute Gasteiger partial charge is 0.164 e. The minimum atomic E-state index is -3.07. The molecular formula is C18H16ClFN2O2S2. The van der Waals surface area contributed by atoms with Crippen molar-refractivity contribution in [2.24, 2.45) is 4.99 Å². The first kappa shape index (κ1) is 17.8. The van der Waals surface area contributed by atoms with Gasteiger partial charge in [-0.2, -0.15) is 0 Å². The molecule has 0 aromatic heterocycles. The number of anilines is 1. The molecule has 4 nitrogen and oxygen atoms in total. The maximum atomic E-state index is 13.2. The lowest BCUT2D eigenvalue weighted by Crippen LogP contribution is -2.39. The van der Waals surface area contributed by atoms with E-state index < -0.39 is 9.84 Å². The van der Waals surface area contributed by atoms with Gasteiger partial charge in [-0.05, 0) is 29.8 Å². The number of hydrogen-bond acceptors (Lipinski definition) is 5. The van der Waals surface area contributed by atoms with E-state index >= 15 is 0 Å². The summed E-state index contributed by atoms with van der Waals surface area (Å²) in [7, 11) is -3.07. The van der Waals surface area contributed by atoms with Gasteiger partial charge in [0, 0.05) is 16.5 Å². The molecule has 0 saturated carbocycles. The van der Waals surface area contributed by atoms with Gasteiger partial charge in [0.1, 0.15) is 5.82 Å². The average molecular weight is 411 g/mol. The minimum Gasteiger partial charge on any atom is -0.315 e. The van der Waals surface area contributed by atoms with E-state index in [0.717, 1.165) is 16.4 Å². The molecule has 2 aliphatic rings. The highest BCUT2D eigenvalue weighted by atomic mass is 35.5. The van der Waals surface area contributed by atoms with E-state index in [0.29, 0.717) is 10.8 Å². The van der Waals surface area contributed by atoms with E-state index in [-0.39, 0.29) is 29.4 Å². The molecule has 0 amide bonds. The van der Waals surface area contributed by atoms with Gasteiger partial charge in [-0.1, -0.05) is 47.6 Å². The fraction of sp³-hybridized carbons (Fsp3) is 0.278. The summed E-state index contributed by atoms with van der Waals surface area (Å²) in [6.45, 7) is 0. The van der Waals surface area contributed by atoms with Gasteiger partial charge in [-0.3, -0.25) is 4.99 Å². The third-order valence-corrected chi connectivity index (χ3v) is 7.58. The number of benzene rings is 2. The third-order valence-electron chi connectivity index (χ3n) is 4.51. The van der Waals surface area contributed by atoms with Crippen LogP contribution in [0.1, 0.15) is 5.56 Å². The Labute approximate surface area is 161 Å². The normalized spacial score (nSPS) is 23.8. The van der Waals surface area contributed by atoms with Gasteiger partial charge in [0.15, 0.2) is 15.0 Å². The molecule has 4 rings (SSSR count). The van der Waals surface area contributed by atoms with E-state index in [1.165, 1.54) is 23.9 Å². The molecule has 0 bridgehead atoms. The highest BCUT2D eigenvalue weighted by molar-refractivity contribution is 8.13. The number of fused-ring (bicyclic) bond motifs is 1. The van der Waals surface area contributed by atoms with E-state index in [2.05, 4.69) is 4.99 Å². The first-order valence-corrected chi connectivity index (χ1v) is 11.3. The van der Waals surface area contributed by atoms with Crippen molar-refractivity contribution in [1.82, 2.24) is 0 Å². The Morgan fingerprint density at radius 1 is 1.19 bits per heavy atom. The maximum Gasteiger partial charge on any atom is 0.164 e. The first-order chi connectivity index (χ1) is 12.4. The van der Waals surface area contributed by atoms with E-state index in [4.69, 9.17) is 11.6 Å². The summed E-state index contributed by atoms with van der Waals surface area (Å²) < 4.78 is 37.3. The molecule has 0 N–H and O–H groups in total. The predicted molar refractivity (Wildman–Crippen MR) is 105 cm³/mol. The van der Waals surface area contributed by atoms with E-state index in [1.807, 2.05) is 35.2 Å². The van der Waals surface area contributed by atoms with Crippen LogP contribution in [0.5, 0.6) is 0 Å². The molecule has 8 heteroatoms. The zero-order valence-corrected chi connectivity index (χ0v) is 16.1. The lowest BCUT2D eigenvalue weighted by atomic mass is 10.1. The molecule has 1 fully saturated rings. The van der Waals surface area contributed by atoms with Crippen molar-refractivity contribution in [2.75, 3.05) is 16.4 Å². The monoisotopic (exact) mass is 410 g/mol. The molecule has 0 unspecified atom stereocenters. The highest BCUT2D eigenvalue weighted by Crippen LogP contribution is 2.36. The van der Waals surface area contributed by atoms with Gasteiger partial charge in [-0.15, -0.1) is 0 Å². The van der Waals surface area contributed by atoms with Crippen LogP contribution in [0.2, 0.25) is 5.02 Å². The fourth-order valence-corrected chi connectivity index (χ4v) is 6.59. The molecule has 2 aromatic carbocycles. The highest BCUT2D eigenvalue weighted by Gasteiger charge is 2.47. The van der Waals surface area contributed by atoms with Gasteiger partial charge in [-0.25, -0.2) is 12.8 Å². The quantitative estimate of drug-likeness (QED) is 0.773. The molecule has 0 radical (unpaired) electrons. The predicted octanol–water partition coefficient (Wildman–Crippen LogP) is 3.75. The summed E-state index contributed by atoms with van der Waals surface area (Å²) in [5.41, 5.74) is 1.74. The third kappa shape index (κ3) is 3.48. The second kappa shape index (κ2) is 6.87. The largest absolute Gasteiger partial charge is 0.315 e. The summed E-state index contributed by atoms with van der Waals surface area (Å²) in [5.74, 6) is 0.361. The molecule has 2 atom stereocenters. The SMILES string of the molecule is O=S1(=O)C[C@@H]2N=C(SCc3ccc(F)cc3Cl)N(c3ccccc3)[C@H]2C1. The number of para-hydroxylation sites is 1. The van der Waals surface area contributed by atoms with Crippen LogP contribution in [-0.2, 0) is 15.6 Å². The van der Waals surface area contributed by atoms with E-state index in [9.17, 15) is 12.8 Å². The molecule has 2 aliphatic heterocycles. The topological polar surface area (TPSA) is 49.7 Å². The van der Waals surface area contributed by atoms with Crippen molar-refractivity contribution in [1.29, 1.82) is 0 Å². The Bertz CT molecular complexity index is 966. The fourth-order valence-electron chi connectivity index (χ4n) is 3.30. The van der Waals surface area contributed by atoms with E-state index in [1.54, 1.807) is 6.07 Å². The van der Waals surface area contributed by atoms with Gasteiger partial charge >= 0.3 is 0 Å². The number of thioether (sulfide) groups is 1. The zero-order valence-electron chi connectivity index (χ0n) is 13.7. The Morgan fingerprint density at radius 2 is 1.96 bits per heavy atom. The molecule has 136 valence electrons. The molecule has 1 saturated heterocycles. The summed E-state index contributed by atoms with van der Waals surface area (Å²) in [6, 6.07) is 13.6. The van der Waals surface area contributed by atoms with Crippen LogP contribution < -0.4 is 4.90 Å². The zero-order chi connectivity index (χ0) is 18.3. The van der Waals surface area contributed by atoms with Crippen LogP contribution in [0.25, 0.3) is 0 Å². The number of nitrogens with zero attached hydrogens (tertiary/aromatic N) is 2. The van der Waals surface area contributed by atoms with Crippen LogP contribution in [0.4, 0.5) is 10.1 Å². The standard InChI is InChI=1S/C18H16ClFN2O2S2/c19-15-8-13(20)7-6-12(15)9-25-18-21-16-10-26(23,24)11-17(16)22(18)14-4-2-1-3-5-14/h1-8,16-17H,9-11H2/t16-,17-/m0/s1. The van der Waals surface area contributed by atoms with Crippen molar-refractivity contribution >= 4 is 44.1 Å². The molecule has 26 heavy (non-hydrogen) atoms. The van der Waals surface area contributed by atoms with Gasteiger partial charge in [0.25, 0.3) is 0 Å². The summed E-state index contributed by atoms with van der Waals surface area (Å²) in [4.78, 5) is 6.69. The van der Waals surface area contributed by atoms with Crippen LogP contribution in [0.15, 0.2) is 53.5 Å². The molecule has 2 heterocycles. The van der Waals surface area contributed by atoms with Crippen molar-refractivity contribution < 1.29 is 12.8 Å². The van der Waals surface area contributed by atoms with Gasteiger partial charge in [0.2, 0.25) is 0 Å². The average Bonchev–Trinajstić information content (AvgIpc) is 3.06. The lowest BCUT2D eigenvalue weighted by molar-refractivity contribution is 0.601. The number of hydrogen-bond donors (Lipinski definition) is 0. The van der Waals surface area contributed by atoms with Gasteiger partial charge in [0.05, 0.1) is 23.6 Å². The van der Waals surface area contributed by atoms with Crippen LogP contribution >= 0.6 is 23.4 Å². The summed E-state index contributed by atoms with van der Waals surface area (Å²) in [6.07, 6.45) is 0. The molecule has 0 aliphatic carbocycles. The van der Waals surface area contributed by atoms with Crippen molar-refractivity contribution in [2.45, 2.75) is 17.8 Å². The van der Waals surface area contributed by atoms with Crippen LogP contribution in [-0.4, -0.2) is 37.2 Å². The van der Waals surface area contributed by atoms with Crippen LogP contribution in [0, 0.1) is 5.82 Å². The summed E-state index contributed by atoms with van der Waals surface area (Å²) in [5, 5.41) is 1.16. The number of amidine groups is 1. The minimum absolute atomic E-state index is 0.0857. The van der Waals surface area contributed by atoms with Crippen LogP contribution in [0.3, 0.4) is 0 Å². The molecule has 0 spiro atoms. The number of sulfone groups is 1. The molecule has 2 aromatic rings. The lowest BCUT2D eigenvalue weighted by Gasteiger charge is -2.26. The Morgan fingerprint density at radius 3 is 2.69 bits per heavy atom. The second-order valence-electron chi connectivity index (χ2n) is 6.35. The number of aliphatic imine (C=N–C) groups is 1. The van der Waals surface area contributed by atoms with Crippen molar-refractivity contribution in [3.63, 3.8) is 0 Å². The summed E-state index contributed by atoms with van der Waals surface area (Å²) >= 11 is 7.61. The molecular weight excluding hydrogens is 395 g/mol. The Kier molecular flexibility index (Phi) is 4.71. The first-order valence-electron chi connectivity index (χ1n) is 8.12.